The Hall–Kier alpha value is -3.17. The predicted octanol–water partition coefficient (Wildman–Crippen LogP) is 4.16. The van der Waals surface area contributed by atoms with E-state index in [1.54, 1.807) is 34.9 Å². The number of hydrogen-bond acceptors (Lipinski definition) is 6. The van der Waals surface area contributed by atoms with Crippen LogP contribution in [-0.2, 0) is 26.9 Å². The van der Waals surface area contributed by atoms with Crippen molar-refractivity contribution in [3.05, 3.63) is 78.6 Å². The Morgan fingerprint density at radius 2 is 1.69 bits per heavy atom. The molecule has 0 saturated carbocycles. The van der Waals surface area contributed by atoms with E-state index in [4.69, 9.17) is 0 Å². The number of carbonyl (C=O) groups excluding carboxylic acids is 1. The van der Waals surface area contributed by atoms with E-state index in [0.717, 1.165) is 16.5 Å². The topological polar surface area (TPSA) is 93.9 Å². The molecule has 0 unspecified atom stereocenters. The second-order valence-electron chi connectivity index (χ2n) is 7.11. The maximum Gasteiger partial charge on any atom is 0.234 e. The minimum Gasteiger partial charge on any atom is -0.325 e. The lowest BCUT2D eigenvalue weighted by molar-refractivity contribution is -0.113. The molecule has 0 saturated heterocycles. The molecule has 0 bridgehead atoms. The van der Waals surface area contributed by atoms with Crippen LogP contribution >= 0.6 is 11.8 Å². The van der Waals surface area contributed by atoms with Gasteiger partial charge >= 0.3 is 0 Å². The molecule has 164 valence electrons. The summed E-state index contributed by atoms with van der Waals surface area (Å²) >= 11 is 1.23. The van der Waals surface area contributed by atoms with Gasteiger partial charge in [0.2, 0.25) is 5.91 Å². The number of nitrogens with zero attached hydrogens (tertiary/aromatic N) is 3. The highest BCUT2D eigenvalue weighted by molar-refractivity contribution is 7.99. The number of nitrogens with one attached hydrogen (secondary N) is 1. The van der Waals surface area contributed by atoms with Gasteiger partial charge in [-0.25, -0.2) is 8.42 Å². The normalized spacial score (nSPS) is 11.5. The first-order valence-electron chi connectivity index (χ1n) is 10.1. The maximum absolute atomic E-state index is 12.7. The van der Waals surface area contributed by atoms with Gasteiger partial charge in [-0.3, -0.25) is 4.79 Å². The molecule has 3 aromatic carbocycles. The van der Waals surface area contributed by atoms with Crippen molar-refractivity contribution in [2.75, 3.05) is 11.1 Å². The molecule has 0 spiro atoms. The molecule has 0 fully saturated rings. The van der Waals surface area contributed by atoms with E-state index in [0.29, 0.717) is 17.5 Å². The summed E-state index contributed by atoms with van der Waals surface area (Å²) in [6.45, 7) is 2.39. The fraction of sp³-hybridized carbons (Fsp3) is 0.174. The van der Waals surface area contributed by atoms with Crippen molar-refractivity contribution in [2.24, 2.45) is 0 Å². The molecule has 0 aliphatic rings. The summed E-state index contributed by atoms with van der Waals surface area (Å²) in [6, 6.07) is 22.0. The summed E-state index contributed by atoms with van der Waals surface area (Å²) in [7, 11) is -3.53. The third-order valence-electron chi connectivity index (χ3n) is 4.90. The molecule has 4 aromatic rings. The number of anilines is 1. The van der Waals surface area contributed by atoms with Crippen molar-refractivity contribution in [1.29, 1.82) is 0 Å². The van der Waals surface area contributed by atoms with Crippen LogP contribution in [-0.4, -0.2) is 34.8 Å². The van der Waals surface area contributed by atoms with Gasteiger partial charge in [0.15, 0.2) is 15.0 Å². The van der Waals surface area contributed by atoms with Crippen molar-refractivity contribution in [1.82, 2.24) is 14.8 Å². The Morgan fingerprint density at radius 3 is 2.44 bits per heavy atom. The summed E-state index contributed by atoms with van der Waals surface area (Å²) in [6.07, 6.45) is 0. The Balaban J connectivity index is 1.42. The minimum absolute atomic E-state index is 0.135. The van der Waals surface area contributed by atoms with Gasteiger partial charge in [0.1, 0.15) is 11.6 Å². The monoisotopic (exact) mass is 466 g/mol. The van der Waals surface area contributed by atoms with Crippen LogP contribution in [0, 0.1) is 0 Å². The Morgan fingerprint density at radius 1 is 0.969 bits per heavy atom. The average Bonchev–Trinajstić information content (AvgIpc) is 3.19. The number of hydrogen-bond donors (Lipinski definition) is 1. The van der Waals surface area contributed by atoms with Crippen LogP contribution in [0.25, 0.3) is 10.8 Å². The van der Waals surface area contributed by atoms with E-state index >= 15 is 0 Å². The second kappa shape index (κ2) is 9.54. The summed E-state index contributed by atoms with van der Waals surface area (Å²) in [5, 5.41) is 13.8. The van der Waals surface area contributed by atoms with E-state index in [9.17, 15) is 13.2 Å². The molecule has 0 aliphatic carbocycles. The van der Waals surface area contributed by atoms with E-state index < -0.39 is 9.84 Å². The highest BCUT2D eigenvalue weighted by Crippen LogP contribution is 2.22. The minimum atomic E-state index is -3.53. The van der Waals surface area contributed by atoms with Crippen molar-refractivity contribution in [2.45, 2.75) is 29.3 Å². The molecule has 1 heterocycles. The Labute approximate surface area is 190 Å². The number of carbonyl (C=O) groups is 1. The highest BCUT2D eigenvalue weighted by Gasteiger charge is 2.21. The smallest absolute Gasteiger partial charge is 0.234 e. The molecule has 1 N–H and O–H groups in total. The SMILES string of the molecule is CCn1c(CS(=O)(=O)c2ccccc2)nnc1SCC(=O)Nc1ccc2ccccc2c1. The van der Waals surface area contributed by atoms with Crippen molar-refractivity contribution in [3.63, 3.8) is 0 Å². The molecule has 4 rings (SSSR count). The number of benzene rings is 3. The van der Waals surface area contributed by atoms with Gasteiger partial charge in [-0.2, -0.15) is 0 Å². The van der Waals surface area contributed by atoms with Crippen LogP contribution in [0.1, 0.15) is 12.7 Å². The number of sulfone groups is 1. The van der Waals surface area contributed by atoms with Crippen LogP contribution in [0.2, 0.25) is 0 Å². The number of aromatic nitrogens is 3. The molecule has 1 aromatic heterocycles. The zero-order valence-corrected chi connectivity index (χ0v) is 19.1. The molecule has 0 aliphatic heterocycles. The van der Waals surface area contributed by atoms with E-state index in [2.05, 4.69) is 15.5 Å². The van der Waals surface area contributed by atoms with E-state index in [-0.39, 0.29) is 22.3 Å². The Bertz CT molecular complexity index is 1350. The fourth-order valence-corrected chi connectivity index (χ4v) is 5.44. The molecule has 1 amide bonds. The van der Waals surface area contributed by atoms with Crippen LogP contribution in [0.4, 0.5) is 5.69 Å². The van der Waals surface area contributed by atoms with Crippen LogP contribution in [0.5, 0.6) is 0 Å². The van der Waals surface area contributed by atoms with Crippen LogP contribution < -0.4 is 5.32 Å². The summed E-state index contributed by atoms with van der Waals surface area (Å²) < 4.78 is 27.1. The van der Waals surface area contributed by atoms with Crippen molar-refractivity contribution < 1.29 is 13.2 Å². The Kier molecular flexibility index (Phi) is 6.57. The standard InChI is InChI=1S/C23H22N4O3S2/c1-2-27-21(16-32(29,30)20-10-4-3-5-11-20)25-26-23(27)31-15-22(28)24-19-13-12-17-8-6-7-9-18(17)14-19/h3-14H,2,15-16H2,1H3,(H,24,28). The van der Waals surface area contributed by atoms with Gasteiger partial charge < -0.3 is 9.88 Å². The molecule has 7 nitrogen and oxygen atoms in total. The number of thioether (sulfide) groups is 1. The summed E-state index contributed by atoms with van der Waals surface area (Å²) in [5.74, 6) is 0.0705. The van der Waals surface area contributed by atoms with Crippen LogP contribution in [0.15, 0.2) is 82.8 Å². The van der Waals surface area contributed by atoms with Gasteiger partial charge in [0, 0.05) is 12.2 Å². The molecule has 32 heavy (non-hydrogen) atoms. The van der Waals surface area contributed by atoms with Gasteiger partial charge in [0.05, 0.1) is 10.6 Å². The first kappa shape index (κ1) is 22.0. The van der Waals surface area contributed by atoms with Crippen molar-refractivity contribution >= 4 is 44.0 Å². The van der Waals surface area contributed by atoms with Gasteiger partial charge in [-0.15, -0.1) is 10.2 Å². The van der Waals surface area contributed by atoms with Gasteiger partial charge in [0.25, 0.3) is 0 Å². The zero-order valence-electron chi connectivity index (χ0n) is 17.4. The highest BCUT2D eigenvalue weighted by atomic mass is 32.2. The van der Waals surface area contributed by atoms with E-state index in [1.807, 2.05) is 49.4 Å². The van der Waals surface area contributed by atoms with Crippen LogP contribution in [0.3, 0.4) is 0 Å². The predicted molar refractivity (Wildman–Crippen MR) is 126 cm³/mol. The quantitative estimate of drug-likeness (QED) is 0.392. The number of rotatable bonds is 8. The number of fused-ring (bicyclic) bond motifs is 1. The molecule has 0 atom stereocenters. The molecule has 9 heteroatoms. The summed E-state index contributed by atoms with van der Waals surface area (Å²) in [4.78, 5) is 12.7. The van der Waals surface area contributed by atoms with Gasteiger partial charge in [-0.05, 0) is 42.0 Å². The third-order valence-corrected chi connectivity index (χ3v) is 7.49. The van der Waals surface area contributed by atoms with Gasteiger partial charge in [-0.1, -0.05) is 60.3 Å². The zero-order chi connectivity index (χ0) is 22.6. The molecule has 0 radical (unpaired) electrons. The second-order valence-corrected chi connectivity index (χ2v) is 10.0. The third kappa shape index (κ3) is 5.00. The molecular formula is C23H22N4O3S2. The summed E-state index contributed by atoms with van der Waals surface area (Å²) in [5.41, 5.74) is 0.723. The lowest BCUT2D eigenvalue weighted by Crippen LogP contribution is -2.15. The lowest BCUT2D eigenvalue weighted by atomic mass is 10.1. The maximum atomic E-state index is 12.7. The van der Waals surface area contributed by atoms with E-state index in [1.165, 1.54) is 11.8 Å². The largest absolute Gasteiger partial charge is 0.325 e. The number of amides is 1. The first-order valence-corrected chi connectivity index (χ1v) is 12.7. The first-order chi connectivity index (χ1) is 15.5. The fourth-order valence-electron chi connectivity index (χ4n) is 3.33. The lowest BCUT2D eigenvalue weighted by Gasteiger charge is -2.09. The average molecular weight is 467 g/mol. The van der Waals surface area contributed by atoms with Crippen molar-refractivity contribution in [3.8, 4) is 0 Å². The molecular weight excluding hydrogens is 444 g/mol.